The van der Waals surface area contributed by atoms with Crippen molar-refractivity contribution >= 4 is 28.4 Å². The second-order valence-electron chi connectivity index (χ2n) is 5.90. The number of benzene rings is 1. The maximum Gasteiger partial charge on any atom is 0.153 e. The van der Waals surface area contributed by atoms with E-state index in [9.17, 15) is 4.79 Å². The lowest BCUT2D eigenvalue weighted by Crippen LogP contribution is -2.29. The van der Waals surface area contributed by atoms with Gasteiger partial charge in [-0.2, -0.15) is 0 Å². The zero-order chi connectivity index (χ0) is 16.3. The van der Waals surface area contributed by atoms with Crippen LogP contribution in [-0.4, -0.2) is 20.5 Å². The molecular formula is C19H18N2OS. The molecule has 0 aliphatic heterocycles. The van der Waals surface area contributed by atoms with E-state index in [4.69, 9.17) is 0 Å². The highest BCUT2D eigenvalue weighted by Crippen LogP contribution is 2.37. The maximum atomic E-state index is 12.7. The summed E-state index contributed by atoms with van der Waals surface area (Å²) in [5, 5.41) is 1.09. The Kier molecular flexibility index (Phi) is 4.44. The molecule has 0 aliphatic rings. The number of thioether (sulfide) groups is 1. The third-order valence-electron chi connectivity index (χ3n) is 3.73. The Morgan fingerprint density at radius 3 is 2.70 bits per heavy atom. The third kappa shape index (κ3) is 3.59. The van der Waals surface area contributed by atoms with Gasteiger partial charge in [0.2, 0.25) is 0 Å². The average Bonchev–Trinajstić information content (AvgIpc) is 2.56. The van der Waals surface area contributed by atoms with Crippen molar-refractivity contribution in [3.8, 4) is 0 Å². The highest BCUT2D eigenvalue weighted by atomic mass is 32.2. The molecule has 2 heterocycles. The lowest BCUT2D eigenvalue weighted by molar-refractivity contribution is -0.119. The van der Waals surface area contributed by atoms with E-state index in [-0.39, 0.29) is 5.78 Å². The number of carbonyl (C=O) groups excluding carboxylic acids is 1. The summed E-state index contributed by atoms with van der Waals surface area (Å²) in [6, 6.07) is 13.8. The summed E-state index contributed by atoms with van der Waals surface area (Å²) in [5.74, 6) is 0.191. The topological polar surface area (TPSA) is 42.9 Å². The first kappa shape index (κ1) is 15.7. The van der Waals surface area contributed by atoms with Crippen molar-refractivity contribution in [2.45, 2.75) is 29.9 Å². The highest BCUT2D eigenvalue weighted by molar-refractivity contribution is 8.01. The molecule has 0 aliphatic carbocycles. The molecule has 23 heavy (non-hydrogen) atoms. The van der Waals surface area contributed by atoms with Crippen LogP contribution in [0.1, 0.15) is 19.4 Å². The van der Waals surface area contributed by atoms with Crippen LogP contribution >= 0.6 is 11.8 Å². The van der Waals surface area contributed by atoms with Gasteiger partial charge in [0, 0.05) is 35.3 Å². The van der Waals surface area contributed by atoms with Crippen molar-refractivity contribution in [3.63, 3.8) is 0 Å². The predicted octanol–water partition coefficient (Wildman–Crippen LogP) is 4.31. The van der Waals surface area contributed by atoms with E-state index in [1.54, 1.807) is 30.4 Å². The molecule has 0 bridgehead atoms. The van der Waals surface area contributed by atoms with E-state index in [1.807, 2.05) is 56.3 Å². The molecule has 0 spiro atoms. The normalized spacial score (nSPS) is 11.6. The first-order valence-corrected chi connectivity index (χ1v) is 8.33. The molecule has 0 atom stereocenters. The minimum absolute atomic E-state index is 0.191. The van der Waals surface area contributed by atoms with E-state index in [2.05, 4.69) is 9.97 Å². The molecule has 0 amide bonds. The van der Waals surface area contributed by atoms with Crippen LogP contribution in [0.4, 0.5) is 0 Å². The van der Waals surface area contributed by atoms with E-state index < -0.39 is 4.75 Å². The number of rotatable bonds is 5. The summed E-state index contributed by atoms with van der Waals surface area (Å²) in [4.78, 5) is 22.2. The number of fused-ring (bicyclic) bond motifs is 1. The maximum absolute atomic E-state index is 12.7. The van der Waals surface area contributed by atoms with Crippen molar-refractivity contribution in [3.05, 3.63) is 66.6 Å². The second-order valence-corrected chi connectivity index (χ2v) is 7.56. The molecule has 2 aromatic heterocycles. The molecule has 1 aromatic carbocycles. The molecule has 0 saturated heterocycles. The largest absolute Gasteiger partial charge is 0.298 e. The molecule has 4 heteroatoms. The van der Waals surface area contributed by atoms with Gasteiger partial charge >= 0.3 is 0 Å². The monoisotopic (exact) mass is 322 g/mol. The van der Waals surface area contributed by atoms with Crippen LogP contribution in [-0.2, 0) is 11.2 Å². The first-order chi connectivity index (χ1) is 11.1. The SMILES string of the molecule is CC(C)(Sc1ccnc2ccccc12)C(=O)Cc1cccnc1. The minimum Gasteiger partial charge on any atom is -0.298 e. The molecular weight excluding hydrogens is 304 g/mol. The number of carbonyl (C=O) groups is 1. The number of aromatic nitrogens is 2. The van der Waals surface area contributed by atoms with Gasteiger partial charge in [-0.05, 0) is 37.6 Å². The van der Waals surface area contributed by atoms with Crippen molar-refractivity contribution in [2.75, 3.05) is 0 Å². The van der Waals surface area contributed by atoms with Crippen LogP contribution in [0, 0.1) is 0 Å². The Morgan fingerprint density at radius 2 is 1.91 bits per heavy atom. The molecule has 3 nitrogen and oxygen atoms in total. The Hall–Kier alpha value is -2.20. The molecule has 0 radical (unpaired) electrons. The molecule has 3 rings (SSSR count). The smallest absolute Gasteiger partial charge is 0.153 e. The predicted molar refractivity (Wildman–Crippen MR) is 94.6 cm³/mol. The number of hydrogen-bond donors (Lipinski definition) is 0. The fourth-order valence-electron chi connectivity index (χ4n) is 2.39. The fraction of sp³-hybridized carbons (Fsp3) is 0.211. The number of pyridine rings is 2. The zero-order valence-electron chi connectivity index (χ0n) is 13.2. The lowest BCUT2D eigenvalue weighted by atomic mass is 10.0. The summed E-state index contributed by atoms with van der Waals surface area (Å²) < 4.78 is -0.514. The Labute approximate surface area is 140 Å². The number of Topliss-reactive ketones (excluding diaryl/α,β-unsaturated/α-hetero) is 1. The molecule has 3 aromatic rings. The van der Waals surface area contributed by atoms with Gasteiger partial charge < -0.3 is 0 Å². The summed E-state index contributed by atoms with van der Waals surface area (Å²) in [5.41, 5.74) is 1.90. The van der Waals surface area contributed by atoms with Gasteiger partial charge in [0.15, 0.2) is 5.78 Å². The van der Waals surface area contributed by atoms with E-state index in [1.165, 1.54) is 0 Å². The second kappa shape index (κ2) is 6.50. The Bertz CT molecular complexity index is 826. The van der Waals surface area contributed by atoms with Gasteiger partial charge in [-0.3, -0.25) is 14.8 Å². The number of nitrogens with zero attached hydrogens (tertiary/aromatic N) is 2. The molecule has 0 unspecified atom stereocenters. The fourth-order valence-corrected chi connectivity index (χ4v) is 3.54. The van der Waals surface area contributed by atoms with Gasteiger partial charge in [0.1, 0.15) is 0 Å². The third-order valence-corrected chi connectivity index (χ3v) is 5.05. The number of ketones is 1. The first-order valence-electron chi connectivity index (χ1n) is 7.51. The quantitative estimate of drug-likeness (QED) is 0.656. The van der Waals surface area contributed by atoms with Crippen LogP contribution in [0.2, 0.25) is 0 Å². The van der Waals surface area contributed by atoms with Crippen LogP contribution in [0.15, 0.2) is 66.0 Å². The van der Waals surface area contributed by atoms with Gasteiger partial charge in [-0.1, -0.05) is 24.3 Å². The van der Waals surface area contributed by atoms with Gasteiger partial charge in [-0.25, -0.2) is 0 Å². The zero-order valence-corrected chi connectivity index (χ0v) is 14.0. The lowest BCUT2D eigenvalue weighted by Gasteiger charge is -2.23. The van der Waals surface area contributed by atoms with Crippen LogP contribution in [0.3, 0.4) is 0 Å². The molecule has 0 saturated carbocycles. The Balaban J connectivity index is 1.83. The summed E-state index contributed by atoms with van der Waals surface area (Å²) in [6.45, 7) is 3.96. The van der Waals surface area contributed by atoms with E-state index in [0.29, 0.717) is 6.42 Å². The average molecular weight is 322 g/mol. The number of hydrogen-bond acceptors (Lipinski definition) is 4. The summed E-state index contributed by atoms with van der Waals surface area (Å²) in [7, 11) is 0. The van der Waals surface area contributed by atoms with Crippen molar-refractivity contribution in [1.82, 2.24) is 9.97 Å². The summed E-state index contributed by atoms with van der Waals surface area (Å²) >= 11 is 1.59. The van der Waals surface area contributed by atoms with Gasteiger partial charge in [0.25, 0.3) is 0 Å². The van der Waals surface area contributed by atoms with Crippen LogP contribution in [0.25, 0.3) is 10.9 Å². The highest BCUT2D eigenvalue weighted by Gasteiger charge is 2.29. The van der Waals surface area contributed by atoms with E-state index in [0.717, 1.165) is 21.4 Å². The van der Waals surface area contributed by atoms with Crippen molar-refractivity contribution in [2.24, 2.45) is 0 Å². The molecule has 0 fully saturated rings. The molecule has 0 N–H and O–H groups in total. The summed E-state index contributed by atoms with van der Waals surface area (Å²) in [6.07, 6.45) is 5.67. The van der Waals surface area contributed by atoms with Gasteiger partial charge in [-0.15, -0.1) is 11.8 Å². The Morgan fingerprint density at radius 1 is 1.09 bits per heavy atom. The van der Waals surface area contributed by atoms with Crippen LogP contribution < -0.4 is 0 Å². The van der Waals surface area contributed by atoms with Crippen LogP contribution in [0.5, 0.6) is 0 Å². The number of para-hydroxylation sites is 1. The van der Waals surface area contributed by atoms with Crippen molar-refractivity contribution < 1.29 is 4.79 Å². The minimum atomic E-state index is -0.514. The standard InChI is InChI=1S/C19H18N2OS/c1-19(2,18(22)12-14-6-5-10-20-13-14)23-17-9-11-21-16-8-4-3-7-15(16)17/h3-11,13H,12H2,1-2H3. The van der Waals surface area contributed by atoms with E-state index >= 15 is 0 Å². The van der Waals surface area contributed by atoms with Crippen molar-refractivity contribution in [1.29, 1.82) is 0 Å². The molecule has 116 valence electrons. The van der Waals surface area contributed by atoms with Gasteiger partial charge in [0.05, 0.1) is 10.3 Å².